The summed E-state index contributed by atoms with van der Waals surface area (Å²) in [5.74, 6) is -0.506. The second-order valence-corrected chi connectivity index (χ2v) is 7.93. The number of carbonyl (C=O) groups is 4. The number of imide groups is 1. The van der Waals surface area contributed by atoms with E-state index in [0.29, 0.717) is 28.4 Å². The van der Waals surface area contributed by atoms with Crippen molar-refractivity contribution >= 4 is 35.2 Å². The summed E-state index contributed by atoms with van der Waals surface area (Å²) in [6.07, 6.45) is 1.20. The number of nitrogens with one attached hydrogen (secondary N) is 1. The molecule has 1 fully saturated rings. The second kappa shape index (κ2) is 10.8. The Morgan fingerprint density at radius 3 is 2.50 bits per heavy atom. The fourth-order valence-electron chi connectivity index (χ4n) is 3.86. The first-order valence-corrected chi connectivity index (χ1v) is 11.3. The van der Waals surface area contributed by atoms with Gasteiger partial charge in [-0.1, -0.05) is 6.07 Å². The largest absolute Gasteiger partial charge is 0.497 e. The fraction of sp³-hybridized carbons (Fsp3) is 0.231. The zero-order valence-corrected chi connectivity index (χ0v) is 19.8. The van der Waals surface area contributed by atoms with Gasteiger partial charge in [-0.2, -0.15) is 0 Å². The molecule has 10 heteroatoms. The van der Waals surface area contributed by atoms with Gasteiger partial charge in [0.05, 0.1) is 44.2 Å². The summed E-state index contributed by atoms with van der Waals surface area (Å²) in [5, 5.41) is 2.71. The van der Waals surface area contributed by atoms with Crippen LogP contribution in [0.1, 0.15) is 29.5 Å². The van der Waals surface area contributed by atoms with Crippen LogP contribution in [0.25, 0.3) is 0 Å². The van der Waals surface area contributed by atoms with Crippen LogP contribution >= 0.6 is 0 Å². The normalized spacial score (nSPS) is 15.2. The van der Waals surface area contributed by atoms with E-state index < -0.39 is 29.9 Å². The number of nitrogens with zero attached hydrogens (tertiary/aromatic N) is 2. The van der Waals surface area contributed by atoms with Crippen LogP contribution in [-0.2, 0) is 20.9 Å². The highest BCUT2D eigenvalue weighted by molar-refractivity contribution is 6.22. The van der Waals surface area contributed by atoms with Crippen molar-refractivity contribution in [2.45, 2.75) is 25.9 Å². The lowest BCUT2D eigenvalue weighted by Crippen LogP contribution is -2.37. The Hall–Kier alpha value is -4.60. The number of anilines is 2. The minimum absolute atomic E-state index is 0.0181. The molecule has 0 saturated carbocycles. The van der Waals surface area contributed by atoms with Crippen molar-refractivity contribution < 1.29 is 33.1 Å². The molecule has 0 radical (unpaired) electrons. The van der Waals surface area contributed by atoms with Crippen LogP contribution in [-0.4, -0.2) is 48.5 Å². The number of amides is 4. The van der Waals surface area contributed by atoms with E-state index in [4.69, 9.17) is 13.9 Å². The van der Waals surface area contributed by atoms with E-state index >= 15 is 0 Å². The van der Waals surface area contributed by atoms with E-state index in [1.807, 2.05) is 0 Å². The first-order valence-electron chi connectivity index (χ1n) is 11.3. The summed E-state index contributed by atoms with van der Waals surface area (Å²) in [7, 11) is 1.49. The predicted octanol–water partition coefficient (Wildman–Crippen LogP) is 3.83. The summed E-state index contributed by atoms with van der Waals surface area (Å²) in [5.41, 5.74) is 1.13. The van der Waals surface area contributed by atoms with Crippen LogP contribution in [0.5, 0.6) is 5.75 Å². The van der Waals surface area contributed by atoms with Crippen molar-refractivity contribution in [3.05, 3.63) is 78.3 Å². The molecular formula is C26H25N3O7. The quantitative estimate of drug-likeness (QED) is 0.357. The molecule has 0 spiro atoms. The Labute approximate surface area is 207 Å². The summed E-state index contributed by atoms with van der Waals surface area (Å²) in [4.78, 5) is 53.8. The van der Waals surface area contributed by atoms with Crippen LogP contribution < -0.4 is 15.0 Å². The van der Waals surface area contributed by atoms with Gasteiger partial charge in [0, 0.05) is 11.8 Å². The Morgan fingerprint density at radius 2 is 1.83 bits per heavy atom. The molecule has 0 unspecified atom stereocenters. The number of hydrogen-bond acceptors (Lipinski definition) is 7. The van der Waals surface area contributed by atoms with Gasteiger partial charge in [0.25, 0.3) is 5.91 Å². The molecule has 1 N–H and O–H groups in total. The number of benzene rings is 2. The zero-order valence-electron chi connectivity index (χ0n) is 19.8. The Morgan fingerprint density at radius 1 is 1.06 bits per heavy atom. The maximum atomic E-state index is 13.4. The zero-order chi connectivity index (χ0) is 25.7. The molecule has 1 saturated heterocycles. The number of carbonyl (C=O) groups excluding carboxylic acids is 4. The molecule has 2 aromatic carbocycles. The van der Waals surface area contributed by atoms with Crippen LogP contribution in [0.15, 0.2) is 71.3 Å². The lowest BCUT2D eigenvalue weighted by molar-refractivity contribution is -0.124. The number of ether oxygens (including phenoxy) is 2. The molecule has 0 bridgehead atoms. The van der Waals surface area contributed by atoms with Crippen LogP contribution in [0.2, 0.25) is 0 Å². The SMILES string of the molecule is CCOC(=O)c1ccc(NC(=O)C[C@H]2C(=O)N(c3cccc(OC)c3)C(=O)N2Cc2ccco2)cc1. The molecule has 1 atom stereocenters. The van der Waals surface area contributed by atoms with E-state index in [2.05, 4.69) is 5.32 Å². The first-order chi connectivity index (χ1) is 17.4. The Bertz CT molecular complexity index is 1250. The monoisotopic (exact) mass is 491 g/mol. The molecule has 1 aliphatic heterocycles. The average molecular weight is 492 g/mol. The van der Waals surface area contributed by atoms with Gasteiger partial charge < -0.3 is 24.1 Å². The molecule has 4 rings (SSSR count). The van der Waals surface area contributed by atoms with Crippen LogP contribution in [0, 0.1) is 0 Å². The number of rotatable bonds is 9. The summed E-state index contributed by atoms with van der Waals surface area (Å²) < 4.78 is 15.5. The van der Waals surface area contributed by atoms with Gasteiger partial charge in [0.2, 0.25) is 5.91 Å². The number of methoxy groups -OCH3 is 1. The average Bonchev–Trinajstić information content (AvgIpc) is 3.47. The molecule has 186 valence electrons. The fourth-order valence-corrected chi connectivity index (χ4v) is 3.86. The van der Waals surface area contributed by atoms with E-state index in [9.17, 15) is 19.2 Å². The van der Waals surface area contributed by atoms with Crippen molar-refractivity contribution in [3.63, 3.8) is 0 Å². The standard InChI is InChI=1S/C26H25N3O7/c1-3-35-25(32)17-9-11-18(12-10-17)27-23(30)15-22-24(31)29(19-6-4-7-20(14-19)34-2)26(33)28(22)16-21-8-5-13-36-21/h4-14,22H,3,15-16H2,1-2H3,(H,27,30)/t22-/m0/s1. The lowest BCUT2D eigenvalue weighted by Gasteiger charge is -2.20. The lowest BCUT2D eigenvalue weighted by atomic mass is 10.1. The number of furan rings is 1. The summed E-state index contributed by atoms with van der Waals surface area (Å²) in [6.45, 7) is 1.99. The van der Waals surface area contributed by atoms with Crippen LogP contribution in [0.4, 0.5) is 16.2 Å². The minimum atomic E-state index is -1.05. The Kier molecular flexibility index (Phi) is 7.33. The second-order valence-electron chi connectivity index (χ2n) is 7.93. The maximum absolute atomic E-state index is 13.4. The third-order valence-electron chi connectivity index (χ3n) is 5.59. The summed E-state index contributed by atoms with van der Waals surface area (Å²) in [6, 6.07) is 14.5. The molecule has 0 aliphatic carbocycles. The van der Waals surface area contributed by atoms with E-state index in [0.717, 1.165) is 4.90 Å². The molecule has 1 aromatic heterocycles. The molecule has 10 nitrogen and oxygen atoms in total. The van der Waals surface area contributed by atoms with Gasteiger partial charge in [0.15, 0.2) is 0 Å². The molecule has 2 heterocycles. The van der Waals surface area contributed by atoms with E-state index in [1.165, 1.54) is 30.4 Å². The topological polar surface area (TPSA) is 118 Å². The van der Waals surface area contributed by atoms with Gasteiger partial charge in [0.1, 0.15) is 17.6 Å². The van der Waals surface area contributed by atoms with E-state index in [-0.39, 0.29) is 19.6 Å². The first kappa shape index (κ1) is 24.5. The van der Waals surface area contributed by atoms with Gasteiger partial charge in [-0.05, 0) is 55.5 Å². The molecule has 3 aromatic rings. The Balaban J connectivity index is 1.53. The van der Waals surface area contributed by atoms with Gasteiger partial charge >= 0.3 is 12.0 Å². The molecular weight excluding hydrogens is 466 g/mol. The summed E-state index contributed by atoms with van der Waals surface area (Å²) >= 11 is 0. The third-order valence-corrected chi connectivity index (χ3v) is 5.59. The minimum Gasteiger partial charge on any atom is -0.497 e. The van der Waals surface area contributed by atoms with Gasteiger partial charge in [-0.15, -0.1) is 0 Å². The van der Waals surface area contributed by atoms with Crippen molar-refractivity contribution in [2.75, 3.05) is 23.9 Å². The number of urea groups is 1. The van der Waals surface area contributed by atoms with Crippen molar-refractivity contribution in [1.29, 1.82) is 0 Å². The highest BCUT2D eigenvalue weighted by atomic mass is 16.5. The van der Waals surface area contributed by atoms with Crippen molar-refractivity contribution in [3.8, 4) is 5.75 Å². The third kappa shape index (κ3) is 5.22. The van der Waals surface area contributed by atoms with Crippen molar-refractivity contribution in [1.82, 2.24) is 4.90 Å². The highest BCUT2D eigenvalue weighted by Gasteiger charge is 2.47. The maximum Gasteiger partial charge on any atom is 0.338 e. The highest BCUT2D eigenvalue weighted by Crippen LogP contribution is 2.30. The molecule has 36 heavy (non-hydrogen) atoms. The van der Waals surface area contributed by atoms with Gasteiger partial charge in [-0.3, -0.25) is 9.59 Å². The van der Waals surface area contributed by atoms with Crippen molar-refractivity contribution in [2.24, 2.45) is 0 Å². The molecule has 1 aliphatic rings. The van der Waals surface area contributed by atoms with Gasteiger partial charge in [-0.25, -0.2) is 14.5 Å². The molecule has 4 amide bonds. The smallest absolute Gasteiger partial charge is 0.338 e. The van der Waals surface area contributed by atoms with Crippen LogP contribution in [0.3, 0.4) is 0 Å². The van der Waals surface area contributed by atoms with E-state index in [1.54, 1.807) is 55.5 Å². The predicted molar refractivity (Wildman–Crippen MR) is 130 cm³/mol. The number of esters is 1. The number of hydrogen-bond donors (Lipinski definition) is 1.